The number of aryl methyl sites for hydroxylation is 1. The fraction of sp³-hybridized carbons (Fsp3) is 0.559. The van der Waals surface area contributed by atoms with Crippen molar-refractivity contribution in [2.45, 2.75) is 76.1 Å². The van der Waals surface area contributed by atoms with Crippen LogP contribution in [0.2, 0.25) is 5.02 Å². The standard InChI is InChI=1S/C34H43ClN2O5S/c1-21(2)32-22(3)6-4-8-30(38)27-12-9-25(27)18-37-19-34(15-5-7-23-16-26(35)11-13-28(23)34)20-42-31-14-10-24(17-29(31)37)33(39)36-43(32,40)41/h4,8,10-11,13-14,16-17,21-22,25,27,30,32,38H,5-7,9,12,15,18-20H2,1-3H3,(H,36,39)/b8-4-/t22-,25-,27+,30-,32-,34-/m0/s1. The Kier molecular flexibility index (Phi) is 8.33. The van der Waals surface area contributed by atoms with E-state index in [4.69, 9.17) is 16.3 Å². The number of aliphatic hydroxyl groups excluding tert-OH is 1. The van der Waals surface area contributed by atoms with E-state index in [1.165, 1.54) is 11.1 Å². The van der Waals surface area contributed by atoms with E-state index in [2.05, 4.69) is 21.8 Å². The van der Waals surface area contributed by atoms with Gasteiger partial charge < -0.3 is 14.7 Å². The van der Waals surface area contributed by atoms with Crippen LogP contribution in [0.3, 0.4) is 0 Å². The number of hydrogen-bond acceptors (Lipinski definition) is 6. The summed E-state index contributed by atoms with van der Waals surface area (Å²) in [7, 11) is -3.97. The minimum atomic E-state index is -3.97. The van der Waals surface area contributed by atoms with Crippen molar-refractivity contribution in [2.24, 2.45) is 23.7 Å². The second-order valence-electron chi connectivity index (χ2n) is 13.6. The van der Waals surface area contributed by atoms with Gasteiger partial charge in [0.25, 0.3) is 5.91 Å². The Bertz CT molecular complexity index is 1520. The maximum Gasteiger partial charge on any atom is 0.264 e. The molecule has 7 nitrogen and oxygen atoms in total. The van der Waals surface area contributed by atoms with E-state index in [1.807, 2.05) is 39.0 Å². The van der Waals surface area contributed by atoms with Crippen LogP contribution >= 0.6 is 11.6 Å². The molecule has 2 heterocycles. The lowest BCUT2D eigenvalue weighted by atomic mass is 9.68. The Morgan fingerprint density at radius 1 is 1.16 bits per heavy atom. The number of aliphatic hydroxyl groups is 1. The summed E-state index contributed by atoms with van der Waals surface area (Å²) < 4.78 is 36.1. The van der Waals surface area contributed by atoms with E-state index >= 15 is 0 Å². The summed E-state index contributed by atoms with van der Waals surface area (Å²) in [6.45, 7) is 7.53. The first-order valence-electron chi connectivity index (χ1n) is 15.7. The van der Waals surface area contributed by atoms with Gasteiger partial charge >= 0.3 is 0 Å². The highest BCUT2D eigenvalue weighted by molar-refractivity contribution is 7.90. The summed E-state index contributed by atoms with van der Waals surface area (Å²) in [6.07, 6.45) is 8.61. The smallest absolute Gasteiger partial charge is 0.264 e. The quantitative estimate of drug-likeness (QED) is 0.384. The van der Waals surface area contributed by atoms with Gasteiger partial charge in [-0.2, -0.15) is 0 Å². The summed E-state index contributed by atoms with van der Waals surface area (Å²) >= 11 is 6.39. The SMILES string of the molecule is CC(C)[C@H]1[C@@H](C)C/C=C\[C@H](O)[C@@H]2CC[C@H]2CN2C[C@@]3(CCCc4cc(Cl)ccc43)COc3ccc(cc32)C(=O)NS1(=O)=O. The zero-order valence-electron chi connectivity index (χ0n) is 25.3. The first-order valence-corrected chi connectivity index (χ1v) is 17.6. The van der Waals surface area contributed by atoms with Crippen molar-refractivity contribution in [1.82, 2.24) is 4.72 Å². The summed E-state index contributed by atoms with van der Waals surface area (Å²) in [4.78, 5) is 15.9. The van der Waals surface area contributed by atoms with Crippen molar-refractivity contribution in [3.63, 3.8) is 0 Å². The number of benzene rings is 2. The van der Waals surface area contributed by atoms with Gasteiger partial charge in [-0.05, 0) is 104 Å². The largest absolute Gasteiger partial charge is 0.490 e. The molecule has 0 unspecified atom stereocenters. The van der Waals surface area contributed by atoms with Crippen LogP contribution in [-0.2, 0) is 21.9 Å². The van der Waals surface area contributed by atoms with Crippen molar-refractivity contribution in [2.75, 3.05) is 24.6 Å². The van der Waals surface area contributed by atoms with Crippen LogP contribution in [0.4, 0.5) is 5.69 Å². The lowest BCUT2D eigenvalue weighted by Gasteiger charge is -2.45. The second kappa shape index (κ2) is 11.8. The molecule has 2 bridgehead atoms. The Labute approximate surface area is 260 Å². The lowest BCUT2D eigenvalue weighted by molar-refractivity contribution is 0.0455. The van der Waals surface area contributed by atoms with Gasteiger partial charge in [-0.25, -0.2) is 13.1 Å². The molecule has 1 amide bonds. The molecule has 2 aliphatic carbocycles. The first-order chi connectivity index (χ1) is 20.5. The number of anilines is 1. The maximum absolute atomic E-state index is 13.6. The summed E-state index contributed by atoms with van der Waals surface area (Å²) in [5.74, 6) is 0.0209. The number of nitrogens with one attached hydrogen (secondary N) is 1. The predicted molar refractivity (Wildman–Crippen MR) is 170 cm³/mol. The van der Waals surface area contributed by atoms with Gasteiger partial charge in [0.1, 0.15) is 5.75 Å². The van der Waals surface area contributed by atoms with E-state index in [1.54, 1.807) is 18.2 Å². The Morgan fingerprint density at radius 2 is 1.98 bits per heavy atom. The Balaban J connectivity index is 1.43. The van der Waals surface area contributed by atoms with Crippen LogP contribution in [0.5, 0.6) is 5.75 Å². The highest BCUT2D eigenvalue weighted by Crippen LogP contribution is 2.46. The van der Waals surface area contributed by atoms with Crippen molar-refractivity contribution in [3.05, 3.63) is 70.3 Å². The lowest BCUT2D eigenvalue weighted by Crippen LogP contribution is -2.49. The van der Waals surface area contributed by atoms with E-state index in [0.29, 0.717) is 31.9 Å². The fourth-order valence-corrected chi connectivity index (χ4v) is 10.2. The molecule has 1 fully saturated rings. The Morgan fingerprint density at radius 3 is 2.72 bits per heavy atom. The van der Waals surface area contributed by atoms with Crippen LogP contribution in [0.15, 0.2) is 48.6 Å². The van der Waals surface area contributed by atoms with Gasteiger partial charge in [-0.1, -0.05) is 50.6 Å². The number of carbonyl (C=O) groups is 1. The maximum atomic E-state index is 13.6. The average Bonchev–Trinajstić information content (AvgIpc) is 3.07. The number of sulfonamides is 1. The summed E-state index contributed by atoms with van der Waals surface area (Å²) in [5, 5.41) is 11.2. The number of nitrogens with zero attached hydrogens (tertiary/aromatic N) is 1. The molecule has 232 valence electrons. The topological polar surface area (TPSA) is 95.9 Å². The molecule has 1 saturated carbocycles. The van der Waals surface area contributed by atoms with Gasteiger partial charge in [0, 0.05) is 29.1 Å². The number of rotatable bonds is 1. The van der Waals surface area contributed by atoms with E-state index < -0.39 is 27.3 Å². The molecule has 43 heavy (non-hydrogen) atoms. The number of ether oxygens (including phenoxy) is 1. The molecular weight excluding hydrogens is 584 g/mol. The zero-order chi connectivity index (χ0) is 30.5. The zero-order valence-corrected chi connectivity index (χ0v) is 26.8. The highest BCUT2D eigenvalue weighted by Gasteiger charge is 2.44. The molecule has 2 N–H and O–H groups in total. The molecule has 0 saturated heterocycles. The molecule has 6 atom stereocenters. The van der Waals surface area contributed by atoms with Gasteiger partial charge in [0.05, 0.1) is 23.6 Å². The van der Waals surface area contributed by atoms with Crippen LogP contribution < -0.4 is 14.4 Å². The second-order valence-corrected chi connectivity index (χ2v) is 15.9. The van der Waals surface area contributed by atoms with Crippen LogP contribution in [0.25, 0.3) is 0 Å². The number of amides is 1. The van der Waals surface area contributed by atoms with Crippen molar-refractivity contribution in [1.29, 1.82) is 0 Å². The molecule has 6 rings (SSSR count). The van der Waals surface area contributed by atoms with E-state index in [9.17, 15) is 18.3 Å². The molecular formula is C34H43ClN2O5S. The van der Waals surface area contributed by atoms with Crippen LogP contribution in [-0.4, -0.2) is 50.5 Å². The van der Waals surface area contributed by atoms with E-state index in [-0.39, 0.29) is 34.7 Å². The number of fused-ring (bicyclic) bond motifs is 4. The van der Waals surface area contributed by atoms with Gasteiger partial charge in [0.15, 0.2) is 0 Å². The van der Waals surface area contributed by atoms with Gasteiger partial charge in [-0.15, -0.1) is 0 Å². The number of allylic oxidation sites excluding steroid dienone is 1. The first kappa shape index (κ1) is 30.5. The molecule has 2 aromatic rings. The number of halogens is 1. The predicted octanol–water partition coefficient (Wildman–Crippen LogP) is 5.88. The average molecular weight is 627 g/mol. The van der Waals surface area contributed by atoms with Crippen LogP contribution in [0.1, 0.15) is 74.4 Å². The fourth-order valence-electron chi connectivity index (χ4n) is 8.10. The minimum Gasteiger partial charge on any atom is -0.490 e. The molecule has 2 aliphatic heterocycles. The molecule has 0 aromatic heterocycles. The molecule has 2 aromatic carbocycles. The third-order valence-corrected chi connectivity index (χ3v) is 12.8. The molecule has 1 spiro atoms. The number of hydrogen-bond donors (Lipinski definition) is 2. The van der Waals surface area contributed by atoms with Crippen molar-refractivity contribution >= 4 is 33.2 Å². The summed E-state index contributed by atoms with van der Waals surface area (Å²) in [6, 6.07) is 11.4. The van der Waals surface area contributed by atoms with Gasteiger partial charge in [0.2, 0.25) is 10.0 Å². The summed E-state index contributed by atoms with van der Waals surface area (Å²) in [5.41, 5.74) is 3.33. The molecule has 4 aliphatic rings. The van der Waals surface area contributed by atoms with Crippen molar-refractivity contribution < 1.29 is 23.1 Å². The van der Waals surface area contributed by atoms with E-state index in [0.717, 1.165) is 42.8 Å². The normalized spacial score (nSPS) is 32.9. The number of carbonyl (C=O) groups excluding carboxylic acids is 1. The third-order valence-electron chi connectivity index (χ3n) is 10.3. The molecule has 9 heteroatoms. The third kappa shape index (κ3) is 5.83. The molecule has 0 radical (unpaired) electrons. The monoisotopic (exact) mass is 626 g/mol. The minimum absolute atomic E-state index is 0.122. The Hall–Kier alpha value is -2.55. The van der Waals surface area contributed by atoms with Gasteiger partial charge in [-0.3, -0.25) is 4.79 Å². The van der Waals surface area contributed by atoms with Crippen molar-refractivity contribution in [3.8, 4) is 5.75 Å². The van der Waals surface area contributed by atoms with Crippen LogP contribution in [0, 0.1) is 23.7 Å². The highest BCUT2D eigenvalue weighted by atomic mass is 35.5.